The van der Waals surface area contributed by atoms with E-state index in [4.69, 9.17) is 0 Å². The van der Waals surface area contributed by atoms with Crippen LogP contribution in [0.4, 0.5) is 9.52 Å². The average Bonchev–Trinajstić information content (AvgIpc) is 2.81. The van der Waals surface area contributed by atoms with Gasteiger partial charge in [0.05, 0.1) is 0 Å². The van der Waals surface area contributed by atoms with Gasteiger partial charge in [-0.1, -0.05) is 43.4 Å². The molecule has 2 rings (SSSR count). The van der Waals surface area contributed by atoms with Crippen LogP contribution in [0, 0.1) is 5.82 Å². The van der Waals surface area contributed by atoms with Crippen molar-refractivity contribution in [1.82, 2.24) is 10.2 Å². The molecule has 0 spiro atoms. The van der Waals surface area contributed by atoms with Gasteiger partial charge < -0.3 is 4.90 Å². The van der Waals surface area contributed by atoms with Crippen LogP contribution in [0.15, 0.2) is 24.3 Å². The highest BCUT2D eigenvalue weighted by molar-refractivity contribution is 7.15. The zero-order chi connectivity index (χ0) is 13.1. The van der Waals surface area contributed by atoms with Crippen molar-refractivity contribution in [2.24, 2.45) is 0 Å². The van der Waals surface area contributed by atoms with Crippen LogP contribution in [0.3, 0.4) is 0 Å². The summed E-state index contributed by atoms with van der Waals surface area (Å²) < 4.78 is 13.5. The molecule has 0 aliphatic heterocycles. The molecule has 96 valence electrons. The Balaban J connectivity index is 2.12. The highest BCUT2D eigenvalue weighted by Gasteiger charge is 2.12. The summed E-state index contributed by atoms with van der Waals surface area (Å²) in [5, 5.41) is 10.1. The Morgan fingerprint density at radius 2 is 2.00 bits per heavy atom. The summed E-state index contributed by atoms with van der Waals surface area (Å²) in [4.78, 5) is 1.92. The van der Waals surface area contributed by atoms with Crippen molar-refractivity contribution < 1.29 is 4.39 Å². The van der Waals surface area contributed by atoms with Gasteiger partial charge in [-0.3, -0.25) is 0 Å². The monoisotopic (exact) mass is 265 g/mol. The molecule has 0 radical (unpaired) electrons. The van der Waals surface area contributed by atoms with E-state index in [1.54, 1.807) is 23.5 Å². The topological polar surface area (TPSA) is 29.0 Å². The van der Waals surface area contributed by atoms with E-state index >= 15 is 0 Å². The summed E-state index contributed by atoms with van der Waals surface area (Å²) in [5.74, 6) is 0.191. The van der Waals surface area contributed by atoms with Crippen molar-refractivity contribution in [1.29, 1.82) is 0 Å². The summed E-state index contributed by atoms with van der Waals surface area (Å²) in [6.45, 7) is 4.67. The summed E-state index contributed by atoms with van der Waals surface area (Å²) in [7, 11) is 1.90. The van der Waals surface area contributed by atoms with E-state index in [0.717, 1.165) is 10.1 Å². The highest BCUT2D eigenvalue weighted by atomic mass is 32.1. The lowest BCUT2D eigenvalue weighted by molar-refractivity contribution is 0.607. The smallest absolute Gasteiger partial charge is 0.208 e. The maximum atomic E-state index is 13.5. The molecule has 3 nitrogen and oxygen atoms in total. The molecule has 0 saturated heterocycles. The molecule has 0 amide bonds. The minimum atomic E-state index is -0.182. The average molecular weight is 265 g/mol. The Morgan fingerprint density at radius 1 is 1.28 bits per heavy atom. The van der Waals surface area contributed by atoms with Crippen LogP contribution in [0.1, 0.15) is 30.3 Å². The van der Waals surface area contributed by atoms with E-state index in [-0.39, 0.29) is 5.82 Å². The predicted molar refractivity (Wildman–Crippen MR) is 72.5 cm³/mol. The lowest BCUT2D eigenvalue weighted by Crippen LogP contribution is -2.16. The van der Waals surface area contributed by atoms with Crippen molar-refractivity contribution in [3.63, 3.8) is 0 Å². The second kappa shape index (κ2) is 5.44. The number of halogens is 1. The van der Waals surface area contributed by atoms with E-state index in [1.165, 1.54) is 6.07 Å². The molecule has 1 aromatic carbocycles. The summed E-state index contributed by atoms with van der Waals surface area (Å²) in [6.07, 6.45) is 0. The van der Waals surface area contributed by atoms with Crippen LogP contribution >= 0.6 is 11.3 Å². The fourth-order valence-corrected chi connectivity index (χ4v) is 2.37. The first-order valence-corrected chi connectivity index (χ1v) is 6.67. The first-order valence-electron chi connectivity index (χ1n) is 5.86. The molecule has 18 heavy (non-hydrogen) atoms. The molecule has 0 atom stereocenters. The molecule has 1 aromatic heterocycles. The van der Waals surface area contributed by atoms with Gasteiger partial charge in [-0.25, -0.2) is 4.39 Å². The minimum absolute atomic E-state index is 0.182. The Hall–Kier alpha value is -1.49. The lowest BCUT2D eigenvalue weighted by Gasteiger charge is -2.15. The Kier molecular flexibility index (Phi) is 3.91. The normalized spacial score (nSPS) is 10.9. The highest BCUT2D eigenvalue weighted by Crippen LogP contribution is 2.25. The minimum Gasteiger partial charge on any atom is -0.345 e. The van der Waals surface area contributed by atoms with Crippen LogP contribution in [-0.2, 0) is 6.54 Å². The fraction of sp³-hybridized carbons (Fsp3) is 0.385. The van der Waals surface area contributed by atoms with Gasteiger partial charge in [-0.2, -0.15) is 0 Å². The molecule has 0 unspecified atom stereocenters. The Morgan fingerprint density at radius 3 is 2.61 bits per heavy atom. The van der Waals surface area contributed by atoms with E-state index in [0.29, 0.717) is 18.0 Å². The third kappa shape index (κ3) is 2.85. The molecule has 0 aliphatic rings. The first kappa shape index (κ1) is 13.0. The quantitative estimate of drug-likeness (QED) is 0.848. The molecule has 5 heteroatoms. The number of rotatable bonds is 4. The van der Waals surface area contributed by atoms with Gasteiger partial charge >= 0.3 is 0 Å². The number of anilines is 1. The second-order valence-corrected chi connectivity index (χ2v) is 5.51. The van der Waals surface area contributed by atoms with Crippen molar-refractivity contribution in [2.75, 3.05) is 11.9 Å². The van der Waals surface area contributed by atoms with E-state index in [2.05, 4.69) is 24.0 Å². The van der Waals surface area contributed by atoms with Gasteiger partial charge in [0.15, 0.2) is 0 Å². The first-order chi connectivity index (χ1) is 8.58. The summed E-state index contributed by atoms with van der Waals surface area (Å²) in [6, 6.07) is 6.80. The van der Waals surface area contributed by atoms with Crippen LogP contribution < -0.4 is 4.90 Å². The molecular formula is C13H16FN3S. The van der Waals surface area contributed by atoms with Gasteiger partial charge in [0, 0.05) is 25.1 Å². The van der Waals surface area contributed by atoms with Crippen LogP contribution in [0.5, 0.6) is 0 Å². The van der Waals surface area contributed by atoms with Crippen molar-refractivity contribution in [2.45, 2.75) is 26.3 Å². The molecule has 0 N–H and O–H groups in total. The zero-order valence-corrected chi connectivity index (χ0v) is 11.5. The second-order valence-electron chi connectivity index (χ2n) is 4.53. The summed E-state index contributed by atoms with van der Waals surface area (Å²) in [5.41, 5.74) is 0.668. The molecule has 2 aromatic rings. The standard InChI is InChI=1S/C13H16FN3S/c1-9(2)12-15-16-13(18-12)17(3)8-10-6-4-5-7-11(10)14/h4-7,9H,8H2,1-3H3. The SMILES string of the molecule is CC(C)c1nnc(N(C)Cc2ccccc2F)s1. The van der Waals surface area contributed by atoms with Gasteiger partial charge in [0.1, 0.15) is 10.8 Å². The van der Waals surface area contributed by atoms with Gasteiger partial charge in [0.25, 0.3) is 0 Å². The molecule has 0 saturated carbocycles. The number of hydrogen-bond acceptors (Lipinski definition) is 4. The number of aromatic nitrogens is 2. The predicted octanol–water partition coefficient (Wildman–Crippen LogP) is 3.44. The number of hydrogen-bond donors (Lipinski definition) is 0. The van der Waals surface area contributed by atoms with E-state index < -0.39 is 0 Å². The molecule has 0 aliphatic carbocycles. The number of nitrogens with zero attached hydrogens (tertiary/aromatic N) is 3. The maximum Gasteiger partial charge on any atom is 0.208 e. The van der Waals surface area contributed by atoms with Gasteiger partial charge in [-0.15, -0.1) is 10.2 Å². The lowest BCUT2D eigenvalue weighted by atomic mass is 10.2. The van der Waals surface area contributed by atoms with Crippen LogP contribution in [-0.4, -0.2) is 17.2 Å². The summed E-state index contributed by atoms with van der Waals surface area (Å²) >= 11 is 1.56. The zero-order valence-electron chi connectivity index (χ0n) is 10.7. The van der Waals surface area contributed by atoms with Crippen LogP contribution in [0.2, 0.25) is 0 Å². The molecular weight excluding hydrogens is 249 g/mol. The van der Waals surface area contributed by atoms with Crippen LogP contribution in [0.25, 0.3) is 0 Å². The van der Waals surface area contributed by atoms with Crippen molar-refractivity contribution >= 4 is 16.5 Å². The van der Waals surface area contributed by atoms with Gasteiger partial charge in [0.2, 0.25) is 5.13 Å². The molecule has 1 heterocycles. The maximum absolute atomic E-state index is 13.5. The third-order valence-electron chi connectivity index (χ3n) is 2.62. The molecule has 0 fully saturated rings. The Labute approximate surface area is 110 Å². The number of benzene rings is 1. The van der Waals surface area contributed by atoms with Gasteiger partial charge in [-0.05, 0) is 6.07 Å². The fourth-order valence-electron chi connectivity index (χ4n) is 1.56. The largest absolute Gasteiger partial charge is 0.345 e. The Bertz CT molecular complexity index is 524. The van der Waals surface area contributed by atoms with Crippen molar-refractivity contribution in [3.8, 4) is 0 Å². The third-order valence-corrected chi connectivity index (χ3v) is 3.95. The van der Waals surface area contributed by atoms with E-state index in [9.17, 15) is 4.39 Å². The van der Waals surface area contributed by atoms with E-state index in [1.807, 2.05) is 18.0 Å². The van der Waals surface area contributed by atoms with Crippen molar-refractivity contribution in [3.05, 3.63) is 40.7 Å². The molecule has 0 bridgehead atoms.